The van der Waals surface area contributed by atoms with Crippen molar-refractivity contribution in [2.75, 3.05) is 37.0 Å². The van der Waals surface area contributed by atoms with Crippen molar-refractivity contribution in [3.63, 3.8) is 0 Å². The third-order valence-corrected chi connectivity index (χ3v) is 5.16. The number of nitro benzene ring substituents is 1. The Morgan fingerprint density at radius 1 is 1.03 bits per heavy atom. The van der Waals surface area contributed by atoms with Gasteiger partial charge in [-0.15, -0.1) is 0 Å². The molecule has 10 heteroatoms. The Bertz CT molecular complexity index is 1020. The first kappa shape index (κ1) is 22.7. The van der Waals surface area contributed by atoms with E-state index in [0.717, 1.165) is 32.4 Å². The second-order valence-corrected chi connectivity index (χ2v) is 7.30. The number of nitrogens with one attached hydrogen (secondary N) is 2. The Hall–Kier alpha value is -3.95. The molecule has 0 atom stereocenters. The molecule has 1 fully saturated rings. The number of piperidine rings is 1. The lowest BCUT2D eigenvalue weighted by atomic mass is 10.1. The molecule has 0 aromatic heterocycles. The minimum absolute atomic E-state index is 0.159. The topological polar surface area (TPSA) is 131 Å². The summed E-state index contributed by atoms with van der Waals surface area (Å²) in [5, 5.41) is 16.4. The van der Waals surface area contributed by atoms with Crippen LogP contribution in [0, 0.1) is 10.1 Å². The van der Waals surface area contributed by atoms with Crippen LogP contribution in [0.25, 0.3) is 0 Å². The van der Waals surface area contributed by atoms with Crippen molar-refractivity contribution in [2.24, 2.45) is 0 Å². The maximum Gasteiger partial charge on any atom is 0.325 e. The molecule has 10 nitrogen and oxygen atoms in total. The van der Waals surface area contributed by atoms with E-state index in [4.69, 9.17) is 0 Å². The fourth-order valence-electron chi connectivity index (χ4n) is 3.46. The molecular formula is C22H24N4O6. The monoisotopic (exact) mass is 440 g/mol. The predicted molar refractivity (Wildman–Crippen MR) is 118 cm³/mol. The summed E-state index contributed by atoms with van der Waals surface area (Å²) in [6.45, 7) is 1.32. The number of carbonyl (C=O) groups is 3. The van der Waals surface area contributed by atoms with Crippen LogP contribution in [-0.4, -0.2) is 49.5 Å². The Labute approximate surface area is 184 Å². The molecule has 168 valence electrons. The minimum atomic E-state index is -0.566. The smallest absolute Gasteiger partial charge is 0.325 e. The van der Waals surface area contributed by atoms with E-state index in [-0.39, 0.29) is 17.8 Å². The summed E-state index contributed by atoms with van der Waals surface area (Å²) in [5.74, 6) is -1.50. The van der Waals surface area contributed by atoms with Crippen LogP contribution < -0.4 is 15.5 Å². The Balaban J connectivity index is 1.75. The molecule has 0 bridgehead atoms. The zero-order valence-corrected chi connectivity index (χ0v) is 17.6. The average Bonchev–Trinajstić information content (AvgIpc) is 2.82. The number of nitrogens with zero attached hydrogens (tertiary/aromatic N) is 2. The lowest BCUT2D eigenvalue weighted by molar-refractivity contribution is -0.384. The number of methoxy groups -OCH3 is 1. The van der Waals surface area contributed by atoms with Crippen LogP contribution in [0.3, 0.4) is 0 Å². The lowest BCUT2D eigenvalue weighted by Crippen LogP contribution is -2.31. The van der Waals surface area contributed by atoms with Gasteiger partial charge in [-0.2, -0.15) is 0 Å². The molecule has 0 saturated carbocycles. The number of nitro groups is 1. The van der Waals surface area contributed by atoms with E-state index in [1.807, 2.05) is 0 Å². The Morgan fingerprint density at radius 3 is 2.34 bits per heavy atom. The van der Waals surface area contributed by atoms with Gasteiger partial charge in [0.15, 0.2) is 0 Å². The highest BCUT2D eigenvalue weighted by Gasteiger charge is 2.22. The number of benzene rings is 2. The quantitative estimate of drug-likeness (QED) is 0.384. The number of anilines is 2. The zero-order valence-electron chi connectivity index (χ0n) is 17.6. The van der Waals surface area contributed by atoms with Gasteiger partial charge < -0.3 is 20.3 Å². The van der Waals surface area contributed by atoms with Gasteiger partial charge in [0.2, 0.25) is 0 Å². The van der Waals surface area contributed by atoms with Gasteiger partial charge >= 0.3 is 5.97 Å². The Morgan fingerprint density at radius 2 is 1.72 bits per heavy atom. The highest BCUT2D eigenvalue weighted by molar-refractivity contribution is 6.09. The maximum absolute atomic E-state index is 13.0. The molecule has 1 heterocycles. The molecule has 3 rings (SSSR count). The van der Waals surface area contributed by atoms with Crippen LogP contribution >= 0.6 is 0 Å². The number of ether oxygens (including phenoxy) is 1. The first-order valence-corrected chi connectivity index (χ1v) is 10.2. The van der Waals surface area contributed by atoms with Gasteiger partial charge in [-0.3, -0.25) is 24.5 Å². The molecule has 1 aliphatic rings. The molecule has 0 radical (unpaired) electrons. The molecular weight excluding hydrogens is 416 g/mol. The van der Waals surface area contributed by atoms with Crippen LogP contribution in [-0.2, 0) is 9.53 Å². The third-order valence-electron chi connectivity index (χ3n) is 5.16. The van der Waals surface area contributed by atoms with Crippen LogP contribution in [0.1, 0.15) is 40.0 Å². The van der Waals surface area contributed by atoms with E-state index in [9.17, 15) is 24.5 Å². The van der Waals surface area contributed by atoms with Crippen molar-refractivity contribution in [1.29, 1.82) is 0 Å². The maximum atomic E-state index is 13.0. The van der Waals surface area contributed by atoms with Gasteiger partial charge in [-0.1, -0.05) is 0 Å². The predicted octanol–water partition coefficient (Wildman–Crippen LogP) is 2.74. The van der Waals surface area contributed by atoms with Crippen molar-refractivity contribution in [3.05, 3.63) is 63.7 Å². The molecule has 0 unspecified atom stereocenters. The first-order valence-electron chi connectivity index (χ1n) is 10.2. The standard InChI is InChI=1S/C22H24N4O6/c1-32-20(27)14-23-21(28)15-5-7-16(8-6-15)24-22(29)18-13-17(26(30)31)9-10-19(18)25-11-3-2-4-12-25/h5-10,13H,2-4,11-12,14H2,1H3,(H,23,28)(H,24,29). The van der Waals surface area contributed by atoms with E-state index < -0.39 is 22.7 Å². The van der Waals surface area contributed by atoms with E-state index in [1.165, 1.54) is 31.4 Å². The zero-order chi connectivity index (χ0) is 23.1. The van der Waals surface area contributed by atoms with Crippen molar-refractivity contribution in [2.45, 2.75) is 19.3 Å². The normalized spacial score (nSPS) is 13.2. The van der Waals surface area contributed by atoms with E-state index in [2.05, 4.69) is 20.3 Å². The van der Waals surface area contributed by atoms with Crippen molar-refractivity contribution in [1.82, 2.24) is 5.32 Å². The van der Waals surface area contributed by atoms with Gasteiger partial charge in [0.1, 0.15) is 6.54 Å². The molecule has 0 aliphatic carbocycles. The van der Waals surface area contributed by atoms with Crippen LogP contribution in [0.5, 0.6) is 0 Å². The van der Waals surface area contributed by atoms with Crippen molar-refractivity contribution >= 4 is 34.8 Å². The fraction of sp³-hybridized carbons (Fsp3) is 0.318. The number of non-ortho nitro benzene ring substituents is 1. The second kappa shape index (κ2) is 10.4. The second-order valence-electron chi connectivity index (χ2n) is 7.30. The van der Waals surface area contributed by atoms with Crippen LogP contribution in [0.2, 0.25) is 0 Å². The van der Waals surface area contributed by atoms with E-state index >= 15 is 0 Å². The van der Waals surface area contributed by atoms with Crippen molar-refractivity contribution < 1.29 is 24.0 Å². The summed E-state index contributed by atoms with van der Waals surface area (Å²) in [6, 6.07) is 10.4. The molecule has 2 amide bonds. The summed E-state index contributed by atoms with van der Waals surface area (Å²) < 4.78 is 4.47. The molecule has 1 saturated heterocycles. The van der Waals surface area contributed by atoms with Gasteiger partial charge in [0, 0.05) is 36.5 Å². The van der Waals surface area contributed by atoms with Crippen LogP contribution in [0.4, 0.5) is 17.1 Å². The van der Waals surface area contributed by atoms with E-state index in [0.29, 0.717) is 16.9 Å². The summed E-state index contributed by atoms with van der Waals surface area (Å²) in [7, 11) is 1.23. The minimum Gasteiger partial charge on any atom is -0.468 e. The van der Waals surface area contributed by atoms with Crippen molar-refractivity contribution in [3.8, 4) is 0 Å². The van der Waals surface area contributed by atoms with Gasteiger partial charge in [0.25, 0.3) is 17.5 Å². The summed E-state index contributed by atoms with van der Waals surface area (Å²) >= 11 is 0. The summed E-state index contributed by atoms with van der Waals surface area (Å²) in [4.78, 5) is 49.0. The molecule has 2 aromatic rings. The average molecular weight is 440 g/mol. The fourth-order valence-corrected chi connectivity index (χ4v) is 3.46. The van der Waals surface area contributed by atoms with Gasteiger partial charge in [-0.25, -0.2) is 0 Å². The lowest BCUT2D eigenvalue weighted by Gasteiger charge is -2.30. The number of hydrogen-bond donors (Lipinski definition) is 2. The number of carbonyl (C=O) groups excluding carboxylic acids is 3. The number of hydrogen-bond acceptors (Lipinski definition) is 7. The molecule has 1 aliphatic heterocycles. The third kappa shape index (κ3) is 5.60. The highest BCUT2D eigenvalue weighted by atomic mass is 16.6. The largest absolute Gasteiger partial charge is 0.468 e. The summed E-state index contributed by atoms with van der Waals surface area (Å²) in [5.41, 5.74) is 1.45. The number of amides is 2. The van der Waals surface area contributed by atoms with E-state index in [1.54, 1.807) is 18.2 Å². The molecule has 2 aromatic carbocycles. The number of rotatable bonds is 7. The Kier molecular flexibility index (Phi) is 7.37. The van der Waals surface area contributed by atoms with Gasteiger partial charge in [0.05, 0.1) is 23.3 Å². The highest BCUT2D eigenvalue weighted by Crippen LogP contribution is 2.29. The van der Waals surface area contributed by atoms with Crippen LogP contribution in [0.15, 0.2) is 42.5 Å². The molecule has 32 heavy (non-hydrogen) atoms. The van der Waals surface area contributed by atoms with Gasteiger partial charge in [-0.05, 0) is 49.6 Å². The SMILES string of the molecule is COC(=O)CNC(=O)c1ccc(NC(=O)c2cc([N+](=O)[O-])ccc2N2CCCCC2)cc1. The first-order chi connectivity index (χ1) is 15.4. The number of esters is 1. The molecule has 2 N–H and O–H groups in total. The molecule has 0 spiro atoms. The summed E-state index contributed by atoms with van der Waals surface area (Å²) in [6.07, 6.45) is 3.11.